The lowest BCUT2D eigenvalue weighted by Crippen LogP contribution is -2.41. The van der Waals surface area contributed by atoms with Crippen molar-refractivity contribution in [2.24, 2.45) is 5.92 Å². The summed E-state index contributed by atoms with van der Waals surface area (Å²) in [7, 11) is 1.57. The Morgan fingerprint density at radius 2 is 2.06 bits per heavy atom. The third-order valence-electron chi connectivity index (χ3n) is 2.93. The van der Waals surface area contributed by atoms with Crippen LogP contribution in [0.4, 0.5) is 0 Å². The maximum absolute atomic E-state index is 11.9. The molecule has 1 amide bonds. The molecule has 1 aliphatic rings. The average Bonchev–Trinajstić information content (AvgIpc) is 2.14. The van der Waals surface area contributed by atoms with Gasteiger partial charge in [0, 0.05) is 26.1 Å². The molecule has 5 heteroatoms. The van der Waals surface area contributed by atoms with Crippen molar-refractivity contribution in [3.8, 4) is 0 Å². The smallest absolute Gasteiger partial charge is 0.305 e. The second-order valence-electron chi connectivity index (χ2n) is 4.09. The summed E-state index contributed by atoms with van der Waals surface area (Å²) in [6.07, 6.45) is 2.99. The van der Waals surface area contributed by atoms with E-state index in [-0.39, 0.29) is 24.8 Å². The van der Waals surface area contributed by atoms with Crippen LogP contribution in [0, 0.1) is 5.92 Å². The van der Waals surface area contributed by atoms with E-state index in [4.69, 9.17) is 9.84 Å². The van der Waals surface area contributed by atoms with E-state index in [0.29, 0.717) is 13.2 Å². The van der Waals surface area contributed by atoms with Crippen LogP contribution in [0.25, 0.3) is 0 Å². The zero-order valence-electron chi connectivity index (χ0n) is 9.65. The lowest BCUT2D eigenvalue weighted by atomic mass is 9.84. The predicted molar refractivity (Wildman–Crippen MR) is 58.0 cm³/mol. The fourth-order valence-corrected chi connectivity index (χ4v) is 1.68. The molecule has 0 saturated heterocycles. The SMILES string of the molecule is COCCN(CCC(=O)O)C(=O)C1CCC1. The number of methoxy groups -OCH3 is 1. The predicted octanol–water partition coefficient (Wildman–Crippen LogP) is 0.736. The fourth-order valence-electron chi connectivity index (χ4n) is 1.68. The molecule has 5 nitrogen and oxygen atoms in total. The molecule has 16 heavy (non-hydrogen) atoms. The minimum atomic E-state index is -0.871. The number of hydrogen-bond donors (Lipinski definition) is 1. The van der Waals surface area contributed by atoms with Gasteiger partial charge in [0.15, 0.2) is 0 Å². The Morgan fingerprint density at radius 1 is 1.38 bits per heavy atom. The summed E-state index contributed by atoms with van der Waals surface area (Å²) in [5.41, 5.74) is 0. The summed E-state index contributed by atoms with van der Waals surface area (Å²) in [6, 6.07) is 0. The van der Waals surface area contributed by atoms with Gasteiger partial charge in [0.1, 0.15) is 0 Å². The van der Waals surface area contributed by atoms with E-state index in [1.54, 1.807) is 12.0 Å². The van der Waals surface area contributed by atoms with Crippen LogP contribution in [-0.4, -0.2) is 48.7 Å². The number of aliphatic carboxylic acids is 1. The van der Waals surface area contributed by atoms with Crippen molar-refractivity contribution in [3.63, 3.8) is 0 Å². The maximum atomic E-state index is 11.9. The van der Waals surface area contributed by atoms with Crippen molar-refractivity contribution in [3.05, 3.63) is 0 Å². The highest BCUT2D eigenvalue weighted by atomic mass is 16.5. The highest BCUT2D eigenvalue weighted by Gasteiger charge is 2.29. The van der Waals surface area contributed by atoms with Crippen molar-refractivity contribution in [2.45, 2.75) is 25.7 Å². The Kier molecular flexibility index (Phi) is 5.25. The van der Waals surface area contributed by atoms with Crippen molar-refractivity contribution in [1.82, 2.24) is 4.90 Å². The van der Waals surface area contributed by atoms with Crippen LogP contribution in [0.1, 0.15) is 25.7 Å². The van der Waals surface area contributed by atoms with Gasteiger partial charge in [0.05, 0.1) is 13.0 Å². The molecular formula is C11H19NO4. The number of hydrogen-bond acceptors (Lipinski definition) is 3. The van der Waals surface area contributed by atoms with Crippen LogP contribution >= 0.6 is 0 Å². The molecular weight excluding hydrogens is 210 g/mol. The number of amides is 1. The highest BCUT2D eigenvalue weighted by Crippen LogP contribution is 2.28. The summed E-state index contributed by atoms with van der Waals surface area (Å²) in [5, 5.41) is 8.61. The van der Waals surface area contributed by atoms with Gasteiger partial charge in [-0.3, -0.25) is 9.59 Å². The summed E-state index contributed by atoms with van der Waals surface area (Å²) in [5.74, 6) is -0.668. The second-order valence-corrected chi connectivity index (χ2v) is 4.09. The minimum Gasteiger partial charge on any atom is -0.481 e. The Bertz CT molecular complexity index is 250. The molecule has 0 spiro atoms. The lowest BCUT2D eigenvalue weighted by Gasteiger charge is -2.31. The third kappa shape index (κ3) is 3.81. The molecule has 92 valence electrons. The molecule has 1 N–H and O–H groups in total. The molecule has 1 aliphatic carbocycles. The Balaban J connectivity index is 2.40. The average molecular weight is 229 g/mol. The summed E-state index contributed by atoms with van der Waals surface area (Å²) < 4.78 is 4.92. The Hall–Kier alpha value is -1.10. The zero-order chi connectivity index (χ0) is 12.0. The molecule has 0 aromatic heterocycles. The van der Waals surface area contributed by atoms with E-state index in [1.165, 1.54) is 0 Å². The van der Waals surface area contributed by atoms with Gasteiger partial charge in [-0.1, -0.05) is 6.42 Å². The second kappa shape index (κ2) is 6.48. The fraction of sp³-hybridized carbons (Fsp3) is 0.818. The van der Waals surface area contributed by atoms with Crippen LogP contribution in [0.5, 0.6) is 0 Å². The summed E-state index contributed by atoms with van der Waals surface area (Å²) >= 11 is 0. The number of carbonyl (C=O) groups excluding carboxylic acids is 1. The molecule has 0 heterocycles. The molecule has 0 unspecified atom stereocenters. The van der Waals surface area contributed by atoms with Gasteiger partial charge in [-0.2, -0.15) is 0 Å². The number of carboxylic acids is 1. The van der Waals surface area contributed by atoms with Crippen molar-refractivity contribution in [2.75, 3.05) is 26.8 Å². The van der Waals surface area contributed by atoms with Gasteiger partial charge in [0.2, 0.25) is 5.91 Å². The van der Waals surface area contributed by atoms with Crippen LogP contribution in [0.3, 0.4) is 0 Å². The quantitative estimate of drug-likeness (QED) is 0.699. The Morgan fingerprint density at radius 3 is 2.50 bits per heavy atom. The molecule has 0 aromatic carbocycles. The van der Waals surface area contributed by atoms with Gasteiger partial charge in [0.25, 0.3) is 0 Å². The van der Waals surface area contributed by atoms with E-state index >= 15 is 0 Å². The minimum absolute atomic E-state index is 0.00216. The number of carboxylic acid groups (broad SMARTS) is 1. The summed E-state index contributed by atoms with van der Waals surface area (Å²) in [4.78, 5) is 24.0. The maximum Gasteiger partial charge on any atom is 0.305 e. The van der Waals surface area contributed by atoms with Crippen LogP contribution in [0.2, 0.25) is 0 Å². The number of rotatable bonds is 7. The van der Waals surface area contributed by atoms with E-state index in [0.717, 1.165) is 19.3 Å². The van der Waals surface area contributed by atoms with Crippen LogP contribution < -0.4 is 0 Å². The Labute approximate surface area is 95.4 Å². The molecule has 1 fully saturated rings. The molecule has 1 saturated carbocycles. The molecule has 1 rings (SSSR count). The standard InChI is InChI=1S/C11H19NO4/c1-16-8-7-12(6-5-10(13)14)11(15)9-3-2-4-9/h9H,2-8H2,1H3,(H,13,14). The highest BCUT2D eigenvalue weighted by molar-refractivity contribution is 5.80. The van der Waals surface area contributed by atoms with Gasteiger partial charge in [-0.05, 0) is 12.8 Å². The van der Waals surface area contributed by atoms with Crippen molar-refractivity contribution >= 4 is 11.9 Å². The van der Waals surface area contributed by atoms with Gasteiger partial charge < -0.3 is 14.7 Å². The zero-order valence-corrected chi connectivity index (χ0v) is 9.65. The summed E-state index contributed by atoms with van der Waals surface area (Å²) in [6.45, 7) is 1.23. The van der Waals surface area contributed by atoms with E-state index in [1.807, 2.05) is 0 Å². The first-order valence-corrected chi connectivity index (χ1v) is 5.64. The van der Waals surface area contributed by atoms with Crippen LogP contribution in [0.15, 0.2) is 0 Å². The van der Waals surface area contributed by atoms with Gasteiger partial charge in [-0.15, -0.1) is 0 Å². The molecule has 0 atom stereocenters. The number of nitrogens with zero attached hydrogens (tertiary/aromatic N) is 1. The van der Waals surface area contributed by atoms with Gasteiger partial charge in [-0.25, -0.2) is 0 Å². The number of carbonyl (C=O) groups is 2. The van der Waals surface area contributed by atoms with E-state index in [9.17, 15) is 9.59 Å². The van der Waals surface area contributed by atoms with Gasteiger partial charge >= 0.3 is 5.97 Å². The van der Waals surface area contributed by atoms with Crippen LogP contribution in [-0.2, 0) is 14.3 Å². The monoisotopic (exact) mass is 229 g/mol. The topological polar surface area (TPSA) is 66.8 Å². The van der Waals surface area contributed by atoms with E-state index in [2.05, 4.69) is 0 Å². The molecule has 0 radical (unpaired) electrons. The first kappa shape index (κ1) is 13.0. The normalized spacial score (nSPS) is 15.6. The first-order valence-electron chi connectivity index (χ1n) is 5.64. The van der Waals surface area contributed by atoms with Crippen molar-refractivity contribution in [1.29, 1.82) is 0 Å². The number of ether oxygens (including phenoxy) is 1. The van der Waals surface area contributed by atoms with E-state index < -0.39 is 5.97 Å². The van der Waals surface area contributed by atoms with Crippen molar-refractivity contribution < 1.29 is 19.4 Å². The first-order chi connectivity index (χ1) is 7.65. The molecule has 0 aromatic rings. The largest absolute Gasteiger partial charge is 0.481 e. The molecule has 0 aliphatic heterocycles. The molecule has 0 bridgehead atoms. The third-order valence-corrected chi connectivity index (χ3v) is 2.93. The lowest BCUT2D eigenvalue weighted by molar-refractivity contribution is -0.141.